The number of benzene rings is 1. The molecule has 22 heavy (non-hydrogen) atoms. The van der Waals surface area contributed by atoms with E-state index in [0.717, 1.165) is 12.1 Å². The Labute approximate surface area is 128 Å². The first kappa shape index (κ1) is 16.8. The van der Waals surface area contributed by atoms with Crippen LogP contribution in [0.15, 0.2) is 18.2 Å². The molecular weight excluding hydrogens is 292 g/mol. The Kier molecular flexibility index (Phi) is 5.47. The summed E-state index contributed by atoms with van der Waals surface area (Å²) < 4.78 is 26.1. The minimum atomic E-state index is -1.12. The molecule has 1 amide bonds. The van der Waals surface area contributed by atoms with Gasteiger partial charge in [0.05, 0.1) is 18.2 Å². The number of nitrogens with one attached hydrogen (secondary N) is 1. The first-order valence-electron chi connectivity index (χ1n) is 7.50. The highest BCUT2D eigenvalue weighted by Crippen LogP contribution is 2.25. The molecule has 0 saturated heterocycles. The zero-order valence-electron chi connectivity index (χ0n) is 12.4. The third-order valence-corrected chi connectivity index (χ3v) is 4.20. The largest absolute Gasteiger partial charge is 0.393 e. The molecule has 2 atom stereocenters. The van der Waals surface area contributed by atoms with Crippen molar-refractivity contribution in [2.45, 2.75) is 50.9 Å². The van der Waals surface area contributed by atoms with Crippen molar-refractivity contribution >= 4 is 5.91 Å². The van der Waals surface area contributed by atoms with E-state index in [0.29, 0.717) is 25.7 Å². The summed E-state index contributed by atoms with van der Waals surface area (Å²) in [5.74, 6) is -2.37. The smallest absolute Gasteiger partial charge is 0.223 e. The van der Waals surface area contributed by atoms with Crippen LogP contribution in [0, 0.1) is 17.6 Å². The van der Waals surface area contributed by atoms with Gasteiger partial charge < -0.3 is 15.5 Å². The topological polar surface area (TPSA) is 69.6 Å². The zero-order chi connectivity index (χ0) is 16.3. The molecule has 1 saturated carbocycles. The van der Waals surface area contributed by atoms with E-state index in [4.69, 9.17) is 0 Å². The molecule has 1 aliphatic rings. The monoisotopic (exact) mass is 313 g/mol. The third kappa shape index (κ3) is 4.01. The Morgan fingerprint density at radius 3 is 2.45 bits per heavy atom. The number of carbonyl (C=O) groups is 1. The SMILES string of the molecule is C[C@H](NC(=O)C1CCC(O)CC1)[C@H](O)c1ccc(F)c(F)c1. The second-order valence-electron chi connectivity index (χ2n) is 5.92. The van der Waals surface area contributed by atoms with E-state index in [1.54, 1.807) is 6.92 Å². The molecule has 0 spiro atoms. The molecule has 3 N–H and O–H groups in total. The number of aliphatic hydroxyl groups is 2. The Balaban J connectivity index is 1.94. The molecule has 0 bridgehead atoms. The molecule has 0 heterocycles. The lowest BCUT2D eigenvalue weighted by atomic mass is 9.86. The first-order valence-corrected chi connectivity index (χ1v) is 7.50. The molecule has 4 nitrogen and oxygen atoms in total. The third-order valence-electron chi connectivity index (χ3n) is 4.20. The highest BCUT2D eigenvalue weighted by Gasteiger charge is 2.27. The maximum atomic E-state index is 13.2. The van der Waals surface area contributed by atoms with Gasteiger partial charge in [-0.05, 0) is 50.3 Å². The van der Waals surface area contributed by atoms with Crippen LogP contribution in [-0.2, 0) is 4.79 Å². The van der Waals surface area contributed by atoms with E-state index in [1.807, 2.05) is 0 Å². The summed E-state index contributed by atoms with van der Waals surface area (Å²) in [6, 6.07) is 2.55. The van der Waals surface area contributed by atoms with E-state index < -0.39 is 23.8 Å². The number of hydrogen-bond donors (Lipinski definition) is 3. The molecular formula is C16H21F2NO3. The van der Waals surface area contributed by atoms with Gasteiger partial charge in [-0.15, -0.1) is 0 Å². The standard InChI is InChI=1S/C16H21F2NO3/c1-9(15(21)11-4-7-13(17)14(18)8-11)19-16(22)10-2-5-12(20)6-3-10/h4,7-10,12,15,20-21H,2-3,5-6H2,1H3,(H,19,22)/t9-,10?,12?,15-/m0/s1. The molecule has 1 fully saturated rings. The first-order chi connectivity index (χ1) is 10.4. The summed E-state index contributed by atoms with van der Waals surface area (Å²) in [7, 11) is 0. The minimum Gasteiger partial charge on any atom is -0.393 e. The fourth-order valence-corrected chi connectivity index (χ4v) is 2.74. The van der Waals surface area contributed by atoms with E-state index >= 15 is 0 Å². The van der Waals surface area contributed by atoms with E-state index in [9.17, 15) is 23.8 Å². The Bertz CT molecular complexity index is 530. The summed E-state index contributed by atoms with van der Waals surface area (Å²) >= 11 is 0. The molecule has 1 aromatic rings. The highest BCUT2D eigenvalue weighted by molar-refractivity contribution is 5.79. The van der Waals surface area contributed by atoms with Crippen molar-refractivity contribution in [1.82, 2.24) is 5.32 Å². The van der Waals surface area contributed by atoms with Gasteiger partial charge in [-0.2, -0.15) is 0 Å². The van der Waals surface area contributed by atoms with Crippen LogP contribution in [0.2, 0.25) is 0 Å². The van der Waals surface area contributed by atoms with Crippen LogP contribution in [0.1, 0.15) is 44.3 Å². The Morgan fingerprint density at radius 2 is 1.86 bits per heavy atom. The summed E-state index contributed by atoms with van der Waals surface area (Å²) in [4.78, 5) is 12.1. The lowest BCUT2D eigenvalue weighted by Crippen LogP contribution is -2.42. The van der Waals surface area contributed by atoms with Crippen LogP contribution >= 0.6 is 0 Å². The minimum absolute atomic E-state index is 0.178. The molecule has 0 unspecified atom stereocenters. The summed E-state index contributed by atoms with van der Waals surface area (Å²) in [5.41, 5.74) is 0.214. The molecule has 0 aliphatic heterocycles. The van der Waals surface area contributed by atoms with Crippen molar-refractivity contribution in [1.29, 1.82) is 0 Å². The Morgan fingerprint density at radius 1 is 1.23 bits per heavy atom. The van der Waals surface area contributed by atoms with Crippen LogP contribution in [0.3, 0.4) is 0 Å². The number of aliphatic hydroxyl groups excluding tert-OH is 2. The van der Waals surface area contributed by atoms with Crippen LogP contribution < -0.4 is 5.32 Å². The van der Waals surface area contributed by atoms with E-state index in [2.05, 4.69) is 5.32 Å². The second kappa shape index (κ2) is 7.15. The highest BCUT2D eigenvalue weighted by atomic mass is 19.2. The van der Waals surface area contributed by atoms with Crippen molar-refractivity contribution < 1.29 is 23.8 Å². The van der Waals surface area contributed by atoms with Crippen LogP contribution in [0.5, 0.6) is 0 Å². The fourth-order valence-electron chi connectivity index (χ4n) is 2.74. The molecule has 1 aromatic carbocycles. The van der Waals surface area contributed by atoms with Crippen LogP contribution in [0.25, 0.3) is 0 Å². The average Bonchev–Trinajstić information content (AvgIpc) is 2.49. The van der Waals surface area contributed by atoms with Crippen molar-refractivity contribution in [3.8, 4) is 0 Å². The van der Waals surface area contributed by atoms with Crippen molar-refractivity contribution in [2.24, 2.45) is 5.92 Å². The number of carbonyl (C=O) groups excluding carboxylic acids is 1. The Hall–Kier alpha value is -1.53. The van der Waals surface area contributed by atoms with Crippen LogP contribution in [-0.4, -0.2) is 28.3 Å². The average molecular weight is 313 g/mol. The summed E-state index contributed by atoms with van der Waals surface area (Å²) in [5, 5.41) is 22.3. The lowest BCUT2D eigenvalue weighted by molar-refractivity contribution is -0.128. The van der Waals surface area contributed by atoms with Gasteiger partial charge in [0.15, 0.2) is 11.6 Å². The van der Waals surface area contributed by atoms with Gasteiger partial charge in [-0.1, -0.05) is 6.07 Å². The summed E-state index contributed by atoms with van der Waals surface area (Å²) in [6.07, 6.45) is 0.959. The van der Waals surface area contributed by atoms with E-state index in [-0.39, 0.29) is 23.5 Å². The quantitative estimate of drug-likeness (QED) is 0.797. The lowest BCUT2D eigenvalue weighted by Gasteiger charge is -2.27. The van der Waals surface area contributed by atoms with Gasteiger partial charge in [0.1, 0.15) is 0 Å². The summed E-state index contributed by atoms with van der Waals surface area (Å²) in [6.45, 7) is 1.61. The van der Waals surface area contributed by atoms with Gasteiger partial charge in [0.2, 0.25) is 5.91 Å². The molecule has 122 valence electrons. The van der Waals surface area contributed by atoms with Crippen molar-refractivity contribution in [2.75, 3.05) is 0 Å². The van der Waals surface area contributed by atoms with Crippen LogP contribution in [0.4, 0.5) is 8.78 Å². The van der Waals surface area contributed by atoms with Gasteiger partial charge in [-0.3, -0.25) is 4.79 Å². The number of amides is 1. The molecule has 2 rings (SSSR count). The maximum absolute atomic E-state index is 13.2. The normalized spacial score (nSPS) is 24.6. The van der Waals surface area contributed by atoms with Gasteiger partial charge in [-0.25, -0.2) is 8.78 Å². The van der Waals surface area contributed by atoms with Crippen molar-refractivity contribution in [3.63, 3.8) is 0 Å². The van der Waals surface area contributed by atoms with E-state index in [1.165, 1.54) is 6.07 Å². The fraction of sp³-hybridized carbons (Fsp3) is 0.562. The molecule has 1 aliphatic carbocycles. The predicted molar refractivity (Wildman–Crippen MR) is 76.9 cm³/mol. The van der Waals surface area contributed by atoms with Crippen molar-refractivity contribution in [3.05, 3.63) is 35.4 Å². The molecule has 0 aromatic heterocycles. The zero-order valence-corrected chi connectivity index (χ0v) is 12.4. The van der Waals surface area contributed by atoms with Gasteiger partial charge in [0.25, 0.3) is 0 Å². The number of halogens is 2. The maximum Gasteiger partial charge on any atom is 0.223 e. The number of rotatable bonds is 4. The molecule has 0 radical (unpaired) electrons. The van der Waals surface area contributed by atoms with Gasteiger partial charge >= 0.3 is 0 Å². The predicted octanol–water partition coefficient (Wildman–Crippen LogP) is 2.05. The number of hydrogen-bond acceptors (Lipinski definition) is 3. The molecule has 6 heteroatoms. The second-order valence-corrected chi connectivity index (χ2v) is 5.92. The van der Waals surface area contributed by atoms with Gasteiger partial charge in [0, 0.05) is 5.92 Å².